The molecule has 4 aliphatic carbocycles. The standard InChI is InChI=1S/C29H44O9/c1-12-13(2)25(34)37-21(12)24(33)28(5,35)22-17(30)10-16-14-9-20-29(38-20)23(32)18(36-6)11-19(31)27(29,4)15(14)7-8-26(16,22)3/h12-18,20-24,30,32-33,35H,7-11H2,1-6H3/t12-,13-,14-,15+,16+,17+,18+,20-,21+,22+,23+,24-,26+,27+,28-,29+/m1/s1. The Labute approximate surface area is 224 Å². The molecule has 0 radical (unpaired) electrons. The number of aliphatic hydroxyl groups is 4. The van der Waals surface area contributed by atoms with Gasteiger partial charge in [-0.2, -0.15) is 0 Å². The van der Waals surface area contributed by atoms with Gasteiger partial charge in [-0.15, -0.1) is 0 Å². The molecule has 38 heavy (non-hydrogen) atoms. The summed E-state index contributed by atoms with van der Waals surface area (Å²) in [5.41, 5.74) is -3.96. The minimum Gasteiger partial charge on any atom is -0.459 e. The molecule has 6 aliphatic rings. The maximum atomic E-state index is 13.7. The second kappa shape index (κ2) is 8.23. The number of ether oxygens (including phenoxy) is 3. The van der Waals surface area contributed by atoms with Crippen LogP contribution in [0, 0.1) is 46.3 Å². The van der Waals surface area contributed by atoms with Crippen molar-refractivity contribution in [2.24, 2.45) is 46.3 Å². The third-order valence-corrected chi connectivity index (χ3v) is 12.8. The molecule has 4 N–H and O–H groups in total. The lowest BCUT2D eigenvalue weighted by molar-refractivity contribution is -0.204. The molecule has 0 aromatic heterocycles. The minimum atomic E-state index is -1.69. The first-order chi connectivity index (χ1) is 17.7. The normalized spacial score (nSPS) is 57.7. The number of esters is 1. The molecule has 214 valence electrons. The molecule has 2 heterocycles. The third kappa shape index (κ3) is 3.04. The maximum absolute atomic E-state index is 13.7. The van der Waals surface area contributed by atoms with Crippen LogP contribution in [-0.2, 0) is 23.8 Å². The second-order valence-corrected chi connectivity index (χ2v) is 14.1. The van der Waals surface area contributed by atoms with Crippen LogP contribution in [0.25, 0.3) is 0 Å². The van der Waals surface area contributed by atoms with Crippen LogP contribution in [-0.4, -0.2) is 87.1 Å². The number of cyclic esters (lactones) is 1. The number of Topliss-reactive ketones (excluding diaryl/α,β-unsaturated/α-hetero) is 1. The van der Waals surface area contributed by atoms with Crippen molar-refractivity contribution in [2.45, 2.75) is 115 Å². The van der Waals surface area contributed by atoms with E-state index in [0.717, 1.165) is 0 Å². The summed E-state index contributed by atoms with van der Waals surface area (Å²) in [5, 5.41) is 46.0. The number of hydrogen-bond acceptors (Lipinski definition) is 9. The monoisotopic (exact) mass is 536 g/mol. The van der Waals surface area contributed by atoms with Gasteiger partial charge in [0.1, 0.15) is 29.7 Å². The summed E-state index contributed by atoms with van der Waals surface area (Å²) in [6, 6.07) is 0. The van der Waals surface area contributed by atoms with Crippen LogP contribution in [0.15, 0.2) is 0 Å². The van der Waals surface area contributed by atoms with Gasteiger partial charge >= 0.3 is 5.97 Å². The zero-order chi connectivity index (χ0) is 27.7. The van der Waals surface area contributed by atoms with Crippen molar-refractivity contribution in [3.63, 3.8) is 0 Å². The van der Waals surface area contributed by atoms with Crippen molar-refractivity contribution in [2.75, 3.05) is 7.11 Å². The van der Waals surface area contributed by atoms with E-state index in [2.05, 4.69) is 6.92 Å². The molecule has 0 aromatic carbocycles. The average molecular weight is 537 g/mol. The molecule has 4 saturated carbocycles. The number of fused-ring (bicyclic) bond motifs is 4. The van der Waals surface area contributed by atoms with Crippen LogP contribution in [0.3, 0.4) is 0 Å². The highest BCUT2D eigenvalue weighted by Gasteiger charge is 2.82. The summed E-state index contributed by atoms with van der Waals surface area (Å²) in [6.45, 7) is 9.23. The Hall–Kier alpha value is -1.10. The van der Waals surface area contributed by atoms with Gasteiger partial charge < -0.3 is 34.6 Å². The number of ketones is 1. The zero-order valence-corrected chi connectivity index (χ0v) is 23.3. The van der Waals surface area contributed by atoms with Crippen molar-refractivity contribution in [3.05, 3.63) is 0 Å². The Balaban J connectivity index is 1.31. The maximum Gasteiger partial charge on any atom is 0.309 e. The predicted molar refractivity (Wildman–Crippen MR) is 134 cm³/mol. The first-order valence-corrected chi connectivity index (χ1v) is 14.4. The smallest absolute Gasteiger partial charge is 0.309 e. The lowest BCUT2D eigenvalue weighted by Gasteiger charge is -2.60. The molecule has 0 bridgehead atoms. The molecule has 1 spiro atoms. The number of carbonyl (C=O) groups is 2. The number of hydrogen-bond donors (Lipinski definition) is 4. The lowest BCUT2D eigenvalue weighted by Crippen LogP contribution is -2.68. The van der Waals surface area contributed by atoms with Gasteiger partial charge in [0.2, 0.25) is 0 Å². The van der Waals surface area contributed by atoms with Crippen LogP contribution < -0.4 is 0 Å². The van der Waals surface area contributed by atoms with Crippen molar-refractivity contribution < 1.29 is 44.2 Å². The van der Waals surface area contributed by atoms with E-state index in [-0.39, 0.29) is 53.9 Å². The predicted octanol–water partition coefficient (Wildman–Crippen LogP) is 1.22. The molecule has 0 amide bonds. The van der Waals surface area contributed by atoms with E-state index in [4.69, 9.17) is 14.2 Å². The van der Waals surface area contributed by atoms with Crippen molar-refractivity contribution >= 4 is 11.8 Å². The summed E-state index contributed by atoms with van der Waals surface area (Å²) in [6.07, 6.45) is -2.10. The van der Waals surface area contributed by atoms with Gasteiger partial charge in [0.25, 0.3) is 0 Å². The van der Waals surface area contributed by atoms with E-state index < -0.39 is 58.5 Å². The largest absolute Gasteiger partial charge is 0.459 e. The third-order valence-electron chi connectivity index (χ3n) is 12.8. The van der Waals surface area contributed by atoms with E-state index >= 15 is 0 Å². The number of rotatable bonds is 4. The highest BCUT2D eigenvalue weighted by Crippen LogP contribution is 2.74. The summed E-state index contributed by atoms with van der Waals surface area (Å²) in [5.74, 6) is -1.52. The van der Waals surface area contributed by atoms with Crippen LogP contribution in [0.2, 0.25) is 0 Å². The summed E-state index contributed by atoms with van der Waals surface area (Å²) in [7, 11) is 1.52. The van der Waals surface area contributed by atoms with Gasteiger partial charge in [-0.25, -0.2) is 0 Å². The summed E-state index contributed by atoms with van der Waals surface area (Å²) in [4.78, 5) is 25.9. The van der Waals surface area contributed by atoms with Gasteiger partial charge in [-0.05, 0) is 62.7 Å². The molecular formula is C29H44O9. The van der Waals surface area contributed by atoms with Crippen LogP contribution >= 0.6 is 0 Å². The molecule has 2 saturated heterocycles. The number of epoxide rings is 1. The zero-order valence-electron chi connectivity index (χ0n) is 23.3. The van der Waals surface area contributed by atoms with E-state index in [0.29, 0.717) is 25.7 Å². The molecule has 9 nitrogen and oxygen atoms in total. The molecule has 9 heteroatoms. The number of methoxy groups -OCH3 is 1. The van der Waals surface area contributed by atoms with Crippen LogP contribution in [0.4, 0.5) is 0 Å². The van der Waals surface area contributed by atoms with Crippen molar-refractivity contribution in [1.82, 2.24) is 0 Å². The van der Waals surface area contributed by atoms with Gasteiger partial charge in [0, 0.05) is 25.4 Å². The lowest BCUT2D eigenvalue weighted by atomic mass is 9.43. The molecule has 6 fully saturated rings. The van der Waals surface area contributed by atoms with E-state index in [1.807, 2.05) is 13.8 Å². The van der Waals surface area contributed by atoms with E-state index in [9.17, 15) is 30.0 Å². The topological polar surface area (TPSA) is 146 Å². The minimum absolute atomic E-state index is 0.00603. The average Bonchev–Trinajstić information content (AvgIpc) is 3.45. The Morgan fingerprint density at radius 3 is 2.42 bits per heavy atom. The molecular weight excluding hydrogens is 492 g/mol. The van der Waals surface area contributed by atoms with Gasteiger partial charge in [-0.1, -0.05) is 20.8 Å². The molecule has 0 unspecified atom stereocenters. The molecule has 0 aromatic rings. The van der Waals surface area contributed by atoms with Crippen LogP contribution in [0.5, 0.6) is 0 Å². The van der Waals surface area contributed by atoms with Gasteiger partial charge in [0.05, 0.1) is 35.2 Å². The van der Waals surface area contributed by atoms with Crippen LogP contribution in [0.1, 0.15) is 66.7 Å². The van der Waals surface area contributed by atoms with E-state index in [1.165, 1.54) is 7.11 Å². The first kappa shape index (κ1) is 27.1. The Morgan fingerprint density at radius 1 is 1.13 bits per heavy atom. The fourth-order valence-corrected chi connectivity index (χ4v) is 10.5. The Bertz CT molecular complexity index is 1030. The second-order valence-electron chi connectivity index (χ2n) is 14.1. The summed E-state index contributed by atoms with van der Waals surface area (Å²) < 4.78 is 17.2. The fraction of sp³-hybridized carbons (Fsp3) is 0.931. The fourth-order valence-electron chi connectivity index (χ4n) is 10.5. The van der Waals surface area contributed by atoms with Gasteiger partial charge in [0.15, 0.2) is 0 Å². The van der Waals surface area contributed by atoms with Crippen molar-refractivity contribution in [3.8, 4) is 0 Å². The molecule has 16 atom stereocenters. The van der Waals surface area contributed by atoms with Crippen molar-refractivity contribution in [1.29, 1.82) is 0 Å². The molecule has 6 rings (SSSR count). The number of aliphatic hydroxyl groups excluding tert-OH is 3. The SMILES string of the molecule is CO[C@H]1CC(=O)[C@]2(C)[C@H]3CC[C@]4(C)[C@@H]([C@@](C)(O)[C@H](O)[C@H]5OC(=O)[C@H](C)[C@H]5C)[C@@H](O)C[C@H]4[C@@H]3C[C@H]3O[C@]32[C@H]1O. The van der Waals surface area contributed by atoms with Gasteiger partial charge in [-0.3, -0.25) is 9.59 Å². The Morgan fingerprint density at radius 2 is 1.82 bits per heavy atom. The molecule has 2 aliphatic heterocycles. The highest BCUT2D eigenvalue weighted by atomic mass is 16.6. The Kier molecular flexibility index (Phi) is 5.87. The van der Waals surface area contributed by atoms with E-state index in [1.54, 1.807) is 13.8 Å². The highest BCUT2D eigenvalue weighted by molar-refractivity contribution is 5.89. The number of carbonyl (C=O) groups excluding carboxylic acids is 2. The quantitative estimate of drug-likeness (QED) is 0.308. The summed E-state index contributed by atoms with van der Waals surface area (Å²) >= 11 is 0. The first-order valence-electron chi connectivity index (χ1n) is 14.4.